The highest BCUT2D eigenvalue weighted by atomic mass is 16.5. The number of fused-ring (bicyclic) bond motifs is 5. The summed E-state index contributed by atoms with van der Waals surface area (Å²) in [6.45, 7) is 4.63. The van der Waals surface area contributed by atoms with E-state index in [4.69, 9.17) is 9.47 Å². The van der Waals surface area contributed by atoms with Gasteiger partial charge in [0.05, 0.1) is 14.2 Å². The van der Waals surface area contributed by atoms with Crippen LogP contribution in [-0.2, 0) is 5.41 Å². The van der Waals surface area contributed by atoms with Gasteiger partial charge in [-0.15, -0.1) is 0 Å². The quantitative estimate of drug-likeness (QED) is 0.157. The fourth-order valence-electron chi connectivity index (χ4n) is 6.26. The zero-order valence-corrected chi connectivity index (χ0v) is 24.7. The van der Waals surface area contributed by atoms with Crippen LogP contribution in [0, 0.1) is 23.7 Å². The van der Waals surface area contributed by atoms with Crippen molar-refractivity contribution in [1.29, 1.82) is 0 Å². The van der Waals surface area contributed by atoms with Crippen LogP contribution >= 0.6 is 0 Å². The van der Waals surface area contributed by atoms with E-state index in [1.54, 1.807) is 14.2 Å². The van der Waals surface area contributed by atoms with Gasteiger partial charge in [0, 0.05) is 27.7 Å². The van der Waals surface area contributed by atoms with E-state index in [1.807, 2.05) is 48.5 Å². The molecule has 0 saturated heterocycles. The lowest BCUT2D eigenvalue weighted by Crippen LogP contribution is -2.14. The Morgan fingerprint density at radius 3 is 1.49 bits per heavy atom. The molecular formula is C41H30O2. The Kier molecular flexibility index (Phi) is 6.42. The van der Waals surface area contributed by atoms with Crippen LogP contribution in [0.3, 0.4) is 0 Å². The molecule has 0 radical (unpaired) electrons. The monoisotopic (exact) mass is 554 g/mol. The Hall–Kier alpha value is -5.44. The summed E-state index contributed by atoms with van der Waals surface area (Å²) in [6, 6.07) is 37.8. The van der Waals surface area contributed by atoms with Gasteiger partial charge in [0.25, 0.3) is 0 Å². The first-order chi connectivity index (χ1) is 21.0. The van der Waals surface area contributed by atoms with E-state index in [0.717, 1.165) is 55.3 Å². The second kappa shape index (κ2) is 10.4. The summed E-state index contributed by atoms with van der Waals surface area (Å²) in [5.74, 6) is 15.7. The lowest BCUT2D eigenvalue weighted by atomic mass is 9.81. The van der Waals surface area contributed by atoms with Crippen LogP contribution < -0.4 is 9.47 Å². The zero-order chi connectivity index (χ0) is 29.6. The SMILES string of the molecule is COc1ccc(C#Cc2c3ccccc3c(C#Cc3ccc(OC)cc3)c3cc4c(cc23)-c2ccccc2C4(C)C)cc1. The average molecular weight is 555 g/mol. The van der Waals surface area contributed by atoms with Crippen LogP contribution in [0.4, 0.5) is 0 Å². The van der Waals surface area contributed by atoms with E-state index in [1.165, 1.54) is 22.3 Å². The highest BCUT2D eigenvalue weighted by molar-refractivity contribution is 6.11. The molecule has 0 aromatic heterocycles. The molecule has 1 aliphatic carbocycles. The fraction of sp³-hybridized carbons (Fsp3) is 0.122. The summed E-state index contributed by atoms with van der Waals surface area (Å²) >= 11 is 0. The van der Waals surface area contributed by atoms with Crippen molar-refractivity contribution in [2.24, 2.45) is 0 Å². The van der Waals surface area contributed by atoms with Crippen molar-refractivity contribution in [2.45, 2.75) is 19.3 Å². The normalized spacial score (nSPS) is 12.5. The van der Waals surface area contributed by atoms with Gasteiger partial charge in [-0.2, -0.15) is 0 Å². The third-order valence-corrected chi connectivity index (χ3v) is 8.57. The molecule has 43 heavy (non-hydrogen) atoms. The molecule has 0 aliphatic heterocycles. The zero-order valence-electron chi connectivity index (χ0n) is 24.7. The average Bonchev–Trinajstić information content (AvgIpc) is 3.28. The van der Waals surface area contributed by atoms with E-state index in [0.29, 0.717) is 0 Å². The molecule has 0 unspecified atom stereocenters. The second-order valence-electron chi connectivity index (χ2n) is 11.4. The Balaban J connectivity index is 1.53. The second-order valence-corrected chi connectivity index (χ2v) is 11.4. The molecule has 1 aliphatic rings. The lowest BCUT2D eigenvalue weighted by Gasteiger charge is -2.22. The predicted octanol–water partition coefficient (Wildman–Crippen LogP) is 9.12. The van der Waals surface area contributed by atoms with E-state index >= 15 is 0 Å². The van der Waals surface area contributed by atoms with Crippen molar-refractivity contribution in [3.05, 3.63) is 143 Å². The van der Waals surface area contributed by atoms with E-state index < -0.39 is 0 Å². The maximum Gasteiger partial charge on any atom is 0.118 e. The molecule has 0 amide bonds. The Labute approximate surface area is 252 Å². The van der Waals surface area contributed by atoms with Crippen LogP contribution in [0.5, 0.6) is 11.5 Å². The summed E-state index contributed by atoms with van der Waals surface area (Å²) in [6.07, 6.45) is 0. The van der Waals surface area contributed by atoms with Crippen LogP contribution in [0.2, 0.25) is 0 Å². The molecule has 0 bridgehead atoms. The van der Waals surface area contributed by atoms with Gasteiger partial charge in [-0.1, -0.05) is 86.1 Å². The van der Waals surface area contributed by atoms with E-state index in [2.05, 4.69) is 98.2 Å². The van der Waals surface area contributed by atoms with Gasteiger partial charge in [0.2, 0.25) is 0 Å². The molecular weight excluding hydrogens is 524 g/mol. The summed E-state index contributed by atoms with van der Waals surface area (Å²) in [5, 5.41) is 4.44. The van der Waals surface area contributed by atoms with Crippen molar-refractivity contribution in [3.63, 3.8) is 0 Å². The largest absolute Gasteiger partial charge is 0.497 e. The Morgan fingerprint density at radius 2 is 0.953 bits per heavy atom. The third-order valence-electron chi connectivity index (χ3n) is 8.57. The minimum Gasteiger partial charge on any atom is -0.497 e. The van der Waals surface area contributed by atoms with Gasteiger partial charge in [0.1, 0.15) is 11.5 Å². The topological polar surface area (TPSA) is 18.5 Å². The minimum atomic E-state index is -0.124. The van der Waals surface area contributed by atoms with Gasteiger partial charge in [-0.05, 0) is 104 Å². The molecule has 206 valence electrons. The number of rotatable bonds is 2. The molecule has 0 fully saturated rings. The minimum absolute atomic E-state index is 0.124. The molecule has 0 N–H and O–H groups in total. The smallest absolute Gasteiger partial charge is 0.118 e. The number of hydrogen-bond donors (Lipinski definition) is 0. The first-order valence-electron chi connectivity index (χ1n) is 14.4. The summed E-state index contributed by atoms with van der Waals surface area (Å²) < 4.78 is 10.7. The van der Waals surface area contributed by atoms with Crippen molar-refractivity contribution in [2.75, 3.05) is 14.2 Å². The lowest BCUT2D eigenvalue weighted by molar-refractivity contribution is 0.414. The number of ether oxygens (including phenoxy) is 2. The van der Waals surface area contributed by atoms with Crippen LogP contribution in [0.25, 0.3) is 32.7 Å². The predicted molar refractivity (Wildman–Crippen MR) is 177 cm³/mol. The highest BCUT2D eigenvalue weighted by Gasteiger charge is 2.35. The molecule has 0 atom stereocenters. The van der Waals surface area contributed by atoms with Gasteiger partial charge >= 0.3 is 0 Å². The first-order valence-corrected chi connectivity index (χ1v) is 14.4. The maximum atomic E-state index is 5.35. The van der Waals surface area contributed by atoms with Gasteiger partial charge in [0.15, 0.2) is 0 Å². The molecule has 6 aromatic rings. The summed E-state index contributed by atoms with van der Waals surface area (Å²) in [4.78, 5) is 0. The van der Waals surface area contributed by atoms with E-state index in [-0.39, 0.29) is 5.41 Å². The molecule has 7 rings (SSSR count). The van der Waals surface area contributed by atoms with Gasteiger partial charge < -0.3 is 9.47 Å². The maximum absolute atomic E-state index is 5.35. The Bertz CT molecular complexity index is 2160. The molecule has 0 saturated carbocycles. The van der Waals surface area contributed by atoms with Crippen LogP contribution in [0.1, 0.15) is 47.2 Å². The standard InChI is InChI=1S/C41H30O2/c1-41(2)39-12-8-7-11-35(39)38-25-36-33(23-17-27-13-19-29(42-3)20-14-27)31-9-5-6-10-32(31)34(37(36)26-40(38)41)24-18-28-15-21-30(43-4)22-16-28/h5-16,19-22,25-26H,1-4H3. The fourth-order valence-corrected chi connectivity index (χ4v) is 6.26. The molecule has 0 spiro atoms. The molecule has 0 heterocycles. The summed E-state index contributed by atoms with van der Waals surface area (Å²) in [5.41, 5.74) is 9.01. The van der Waals surface area contributed by atoms with E-state index in [9.17, 15) is 0 Å². The van der Waals surface area contributed by atoms with Gasteiger partial charge in [-0.3, -0.25) is 0 Å². The summed E-state index contributed by atoms with van der Waals surface area (Å²) in [7, 11) is 3.35. The van der Waals surface area contributed by atoms with Crippen molar-refractivity contribution in [3.8, 4) is 46.3 Å². The Morgan fingerprint density at radius 1 is 0.465 bits per heavy atom. The van der Waals surface area contributed by atoms with Crippen molar-refractivity contribution < 1.29 is 9.47 Å². The van der Waals surface area contributed by atoms with Gasteiger partial charge in [-0.25, -0.2) is 0 Å². The number of benzene rings is 6. The molecule has 2 heteroatoms. The number of methoxy groups -OCH3 is 2. The third kappa shape index (κ3) is 4.50. The molecule has 2 nitrogen and oxygen atoms in total. The number of hydrogen-bond acceptors (Lipinski definition) is 2. The van der Waals surface area contributed by atoms with Crippen LogP contribution in [0.15, 0.2) is 109 Å². The highest BCUT2D eigenvalue weighted by Crippen LogP contribution is 2.50. The van der Waals surface area contributed by atoms with Crippen molar-refractivity contribution in [1.82, 2.24) is 0 Å². The first kappa shape index (κ1) is 26.5. The van der Waals surface area contributed by atoms with Crippen LogP contribution in [-0.4, -0.2) is 14.2 Å². The molecule has 6 aromatic carbocycles. The van der Waals surface area contributed by atoms with Crippen molar-refractivity contribution >= 4 is 21.5 Å².